The number of phosphoric acid groups is 1. The molecule has 0 heterocycles. The maximum atomic E-state index is 10.8. The third-order valence-corrected chi connectivity index (χ3v) is 2.96. The van der Waals surface area contributed by atoms with Crippen molar-refractivity contribution >= 4 is 7.82 Å². The van der Waals surface area contributed by atoms with Crippen LogP contribution in [-0.2, 0) is 9.09 Å². The Bertz CT molecular complexity index is 416. The Labute approximate surface area is 101 Å². The summed E-state index contributed by atoms with van der Waals surface area (Å²) in [5.41, 5.74) is 7.23. The molecule has 1 rings (SSSR count). The molecule has 0 saturated carbocycles. The van der Waals surface area contributed by atoms with Crippen molar-refractivity contribution < 1.29 is 18.9 Å². The number of hydrogen-bond donors (Lipinski definition) is 3. The summed E-state index contributed by atoms with van der Waals surface area (Å²) in [5, 5.41) is 0. The van der Waals surface area contributed by atoms with Crippen LogP contribution in [0.1, 0.15) is 37.0 Å². The van der Waals surface area contributed by atoms with Crippen molar-refractivity contribution in [3.63, 3.8) is 0 Å². The van der Waals surface area contributed by atoms with Crippen LogP contribution in [0.4, 0.5) is 0 Å². The molecule has 4 N–H and O–H groups in total. The maximum absolute atomic E-state index is 10.8. The van der Waals surface area contributed by atoms with Crippen LogP contribution >= 0.6 is 7.82 Å². The van der Waals surface area contributed by atoms with Gasteiger partial charge in [0.05, 0.1) is 0 Å². The van der Waals surface area contributed by atoms with Gasteiger partial charge in [-0.25, -0.2) is 4.57 Å². The average molecular weight is 259 g/mol. The Balaban J connectivity index is 2.96. The highest BCUT2D eigenvalue weighted by Crippen LogP contribution is 2.42. The van der Waals surface area contributed by atoms with E-state index in [-0.39, 0.29) is 6.54 Å². The van der Waals surface area contributed by atoms with E-state index in [0.717, 1.165) is 5.56 Å². The van der Waals surface area contributed by atoms with Crippen LogP contribution in [0, 0.1) is 0 Å². The fourth-order valence-electron chi connectivity index (χ4n) is 1.52. The second-order valence-electron chi connectivity index (χ2n) is 4.15. The second-order valence-corrected chi connectivity index (χ2v) is 5.34. The van der Waals surface area contributed by atoms with E-state index in [0.29, 0.717) is 11.5 Å². The van der Waals surface area contributed by atoms with Crippen molar-refractivity contribution in [3.05, 3.63) is 35.4 Å². The number of rotatable bonds is 5. The topological polar surface area (TPSA) is 92.8 Å². The van der Waals surface area contributed by atoms with Crippen molar-refractivity contribution in [2.45, 2.75) is 25.9 Å². The van der Waals surface area contributed by atoms with Gasteiger partial charge in [0.15, 0.2) is 0 Å². The van der Waals surface area contributed by atoms with E-state index in [9.17, 15) is 4.57 Å². The second kappa shape index (κ2) is 5.76. The monoisotopic (exact) mass is 259 g/mol. The lowest BCUT2D eigenvalue weighted by atomic mass is 9.99. The number of hydrogen-bond acceptors (Lipinski definition) is 3. The maximum Gasteiger partial charge on any atom is 0.470 e. The molecule has 0 saturated heterocycles. The summed E-state index contributed by atoms with van der Waals surface area (Å²) in [5.74, 6) is 0.337. The van der Waals surface area contributed by atoms with Gasteiger partial charge < -0.3 is 15.5 Å². The first-order valence-electron chi connectivity index (χ1n) is 5.37. The molecule has 5 nitrogen and oxygen atoms in total. The van der Waals surface area contributed by atoms with Crippen molar-refractivity contribution in [2.24, 2.45) is 5.73 Å². The van der Waals surface area contributed by atoms with Gasteiger partial charge in [0.2, 0.25) is 0 Å². The first-order chi connectivity index (χ1) is 7.83. The zero-order valence-electron chi connectivity index (χ0n) is 9.91. The van der Waals surface area contributed by atoms with E-state index in [1.807, 2.05) is 32.0 Å². The largest absolute Gasteiger partial charge is 0.470 e. The lowest BCUT2D eigenvalue weighted by molar-refractivity contribution is 0.139. The predicted octanol–water partition coefficient (Wildman–Crippen LogP) is 1.92. The highest BCUT2D eigenvalue weighted by molar-refractivity contribution is 7.46. The zero-order chi connectivity index (χ0) is 13.1. The van der Waals surface area contributed by atoms with Crippen LogP contribution in [0.3, 0.4) is 0 Å². The Kier molecular flexibility index (Phi) is 4.86. The Morgan fingerprint density at radius 1 is 1.35 bits per heavy atom. The summed E-state index contributed by atoms with van der Waals surface area (Å²) in [7, 11) is -4.52. The third kappa shape index (κ3) is 4.58. The predicted molar refractivity (Wildman–Crippen MR) is 65.5 cm³/mol. The van der Waals surface area contributed by atoms with Gasteiger partial charge in [0.25, 0.3) is 0 Å². The highest BCUT2D eigenvalue weighted by Gasteiger charge is 2.22. The minimum absolute atomic E-state index is 0.0205. The molecule has 1 unspecified atom stereocenters. The number of benzene rings is 1. The molecular weight excluding hydrogens is 241 g/mol. The van der Waals surface area contributed by atoms with E-state index in [1.165, 1.54) is 0 Å². The summed E-state index contributed by atoms with van der Waals surface area (Å²) in [4.78, 5) is 17.6. The molecule has 0 aliphatic carbocycles. The Morgan fingerprint density at radius 2 is 1.94 bits per heavy atom. The SMILES string of the molecule is CC(C)c1cccc(C(CN)OP(=O)(O)O)c1. The minimum Gasteiger partial charge on any atom is -0.328 e. The molecule has 0 aromatic heterocycles. The quantitative estimate of drug-likeness (QED) is 0.702. The molecule has 0 amide bonds. The van der Waals surface area contributed by atoms with Crippen molar-refractivity contribution in [1.82, 2.24) is 0 Å². The van der Waals surface area contributed by atoms with E-state index >= 15 is 0 Å². The summed E-state index contributed by atoms with van der Waals surface area (Å²) >= 11 is 0. The van der Waals surface area contributed by atoms with Crippen LogP contribution in [-0.4, -0.2) is 16.3 Å². The van der Waals surface area contributed by atoms with E-state index in [4.69, 9.17) is 15.5 Å². The number of phosphoric ester groups is 1. The molecule has 0 aliphatic rings. The van der Waals surface area contributed by atoms with E-state index in [1.54, 1.807) is 6.07 Å². The highest BCUT2D eigenvalue weighted by atomic mass is 31.2. The van der Waals surface area contributed by atoms with Gasteiger partial charge in [-0.1, -0.05) is 38.1 Å². The van der Waals surface area contributed by atoms with Gasteiger partial charge in [-0.15, -0.1) is 0 Å². The number of nitrogens with two attached hydrogens (primary N) is 1. The summed E-state index contributed by atoms with van der Waals surface area (Å²) in [6.07, 6.45) is -0.783. The van der Waals surface area contributed by atoms with Gasteiger partial charge in [-0.2, -0.15) is 0 Å². The molecule has 6 heteroatoms. The third-order valence-electron chi connectivity index (χ3n) is 2.43. The molecule has 1 aromatic rings. The smallest absolute Gasteiger partial charge is 0.328 e. The van der Waals surface area contributed by atoms with E-state index in [2.05, 4.69) is 4.52 Å². The molecule has 1 atom stereocenters. The van der Waals surface area contributed by atoms with Gasteiger partial charge in [-0.05, 0) is 17.0 Å². The fourth-order valence-corrected chi connectivity index (χ4v) is 2.06. The average Bonchev–Trinajstić information content (AvgIpc) is 2.25. The van der Waals surface area contributed by atoms with Gasteiger partial charge >= 0.3 is 7.82 Å². The van der Waals surface area contributed by atoms with Gasteiger partial charge in [0, 0.05) is 6.54 Å². The first-order valence-corrected chi connectivity index (χ1v) is 6.90. The van der Waals surface area contributed by atoms with Crippen molar-refractivity contribution in [1.29, 1.82) is 0 Å². The van der Waals surface area contributed by atoms with Crippen LogP contribution in [0.5, 0.6) is 0 Å². The van der Waals surface area contributed by atoms with Gasteiger partial charge in [-0.3, -0.25) is 4.52 Å². The lowest BCUT2D eigenvalue weighted by Crippen LogP contribution is -2.15. The fraction of sp³-hybridized carbons (Fsp3) is 0.455. The lowest BCUT2D eigenvalue weighted by Gasteiger charge is -2.18. The first kappa shape index (κ1) is 14.4. The summed E-state index contributed by atoms with van der Waals surface area (Å²) in [6, 6.07) is 7.40. The molecule has 0 radical (unpaired) electrons. The molecule has 0 bridgehead atoms. The van der Waals surface area contributed by atoms with Crippen LogP contribution in [0.25, 0.3) is 0 Å². The molecule has 96 valence electrons. The minimum atomic E-state index is -4.52. The zero-order valence-corrected chi connectivity index (χ0v) is 10.8. The molecule has 0 fully saturated rings. The molecule has 0 aliphatic heterocycles. The van der Waals surface area contributed by atoms with Crippen molar-refractivity contribution in [2.75, 3.05) is 6.54 Å². The Hall–Kier alpha value is -0.710. The van der Waals surface area contributed by atoms with Crippen LogP contribution in [0.15, 0.2) is 24.3 Å². The van der Waals surface area contributed by atoms with Gasteiger partial charge in [0.1, 0.15) is 6.10 Å². The molecule has 1 aromatic carbocycles. The van der Waals surface area contributed by atoms with Crippen molar-refractivity contribution in [3.8, 4) is 0 Å². The normalized spacial score (nSPS) is 14.0. The van der Waals surface area contributed by atoms with Crippen LogP contribution in [0.2, 0.25) is 0 Å². The summed E-state index contributed by atoms with van der Waals surface area (Å²) in [6.45, 7) is 4.10. The molecular formula is C11H18NO4P. The molecule has 17 heavy (non-hydrogen) atoms. The van der Waals surface area contributed by atoms with E-state index < -0.39 is 13.9 Å². The Morgan fingerprint density at radius 3 is 2.41 bits per heavy atom. The standard InChI is InChI=1S/C11H18NO4P/c1-8(2)9-4-3-5-10(6-9)11(7-12)16-17(13,14)15/h3-6,8,11H,7,12H2,1-2H3,(H2,13,14,15). The molecule has 0 spiro atoms. The summed E-state index contributed by atoms with van der Waals surface area (Å²) < 4.78 is 15.5. The van der Waals surface area contributed by atoms with Crippen LogP contribution < -0.4 is 5.73 Å².